The van der Waals surface area contributed by atoms with Crippen molar-refractivity contribution in [1.29, 1.82) is 5.26 Å². The molecule has 3 aromatic rings. The minimum atomic E-state index is -0.392. The SMILES string of the molecule is Cc1cc(C)n(-c2ccc(N3CCN(c4ccc(F)cc4C#N)CC3)nn2)n1. The van der Waals surface area contributed by atoms with Gasteiger partial charge < -0.3 is 9.80 Å². The fraction of sp³-hybridized carbons (Fsp3) is 0.300. The molecule has 2 aromatic heterocycles. The van der Waals surface area contributed by atoms with Crippen molar-refractivity contribution >= 4 is 11.5 Å². The van der Waals surface area contributed by atoms with Gasteiger partial charge in [-0.25, -0.2) is 9.07 Å². The van der Waals surface area contributed by atoms with Gasteiger partial charge in [0.05, 0.1) is 16.9 Å². The molecular formula is C20H20FN7. The quantitative estimate of drug-likeness (QED) is 0.699. The number of aromatic nitrogens is 4. The molecule has 0 spiro atoms. The lowest BCUT2D eigenvalue weighted by Crippen LogP contribution is -2.47. The molecular weight excluding hydrogens is 357 g/mol. The zero-order valence-electron chi connectivity index (χ0n) is 15.8. The number of hydrogen-bond donors (Lipinski definition) is 0. The van der Waals surface area contributed by atoms with Crippen molar-refractivity contribution < 1.29 is 4.39 Å². The molecule has 1 aliphatic heterocycles. The van der Waals surface area contributed by atoms with Gasteiger partial charge in [0.2, 0.25) is 0 Å². The van der Waals surface area contributed by atoms with E-state index in [1.165, 1.54) is 12.1 Å². The number of halogens is 1. The fourth-order valence-electron chi connectivity index (χ4n) is 3.51. The van der Waals surface area contributed by atoms with Crippen molar-refractivity contribution in [3.05, 3.63) is 59.2 Å². The van der Waals surface area contributed by atoms with E-state index in [0.717, 1.165) is 49.1 Å². The average molecular weight is 377 g/mol. The van der Waals surface area contributed by atoms with E-state index in [-0.39, 0.29) is 0 Å². The smallest absolute Gasteiger partial charge is 0.176 e. The van der Waals surface area contributed by atoms with Crippen LogP contribution in [0.4, 0.5) is 15.9 Å². The maximum Gasteiger partial charge on any atom is 0.176 e. The van der Waals surface area contributed by atoms with Crippen molar-refractivity contribution in [1.82, 2.24) is 20.0 Å². The lowest BCUT2D eigenvalue weighted by molar-refractivity contribution is 0.622. The van der Waals surface area contributed by atoms with Gasteiger partial charge in [0.25, 0.3) is 0 Å². The van der Waals surface area contributed by atoms with Crippen LogP contribution in [0.15, 0.2) is 36.4 Å². The van der Waals surface area contributed by atoms with Gasteiger partial charge in [-0.1, -0.05) is 0 Å². The molecule has 0 bridgehead atoms. The Labute approximate surface area is 162 Å². The van der Waals surface area contributed by atoms with Gasteiger partial charge in [0.1, 0.15) is 11.9 Å². The van der Waals surface area contributed by atoms with Crippen molar-refractivity contribution in [3.63, 3.8) is 0 Å². The molecule has 1 aliphatic rings. The summed E-state index contributed by atoms with van der Waals surface area (Å²) in [6.45, 7) is 6.87. The van der Waals surface area contributed by atoms with E-state index in [9.17, 15) is 9.65 Å². The van der Waals surface area contributed by atoms with Crippen LogP contribution >= 0.6 is 0 Å². The van der Waals surface area contributed by atoms with E-state index in [0.29, 0.717) is 11.4 Å². The van der Waals surface area contributed by atoms with Crippen molar-refractivity contribution in [2.45, 2.75) is 13.8 Å². The Hall–Kier alpha value is -3.47. The number of nitrogens with zero attached hydrogens (tertiary/aromatic N) is 7. The van der Waals surface area contributed by atoms with E-state index in [4.69, 9.17) is 0 Å². The van der Waals surface area contributed by atoms with Crippen molar-refractivity contribution in [3.8, 4) is 11.9 Å². The molecule has 0 radical (unpaired) electrons. The topological polar surface area (TPSA) is 73.9 Å². The van der Waals surface area contributed by atoms with Gasteiger partial charge >= 0.3 is 0 Å². The maximum atomic E-state index is 13.4. The van der Waals surface area contributed by atoms with E-state index in [1.807, 2.05) is 32.0 Å². The first-order chi connectivity index (χ1) is 13.5. The molecule has 7 nitrogen and oxygen atoms in total. The molecule has 0 atom stereocenters. The second kappa shape index (κ2) is 7.27. The van der Waals surface area contributed by atoms with Gasteiger partial charge in [-0.15, -0.1) is 10.2 Å². The van der Waals surface area contributed by atoms with Crippen LogP contribution in [0.3, 0.4) is 0 Å². The molecule has 142 valence electrons. The standard InChI is InChI=1S/C20H20FN7/c1-14-11-15(2)28(25-14)20-6-5-19(23-24-20)27-9-7-26(8-10-27)18-4-3-17(21)12-16(18)13-22/h3-6,11-12H,7-10H2,1-2H3. The number of anilines is 2. The lowest BCUT2D eigenvalue weighted by Gasteiger charge is -2.36. The molecule has 3 heterocycles. The number of piperazine rings is 1. The van der Waals surface area contributed by atoms with Gasteiger partial charge in [-0.2, -0.15) is 10.4 Å². The molecule has 0 saturated carbocycles. The minimum Gasteiger partial charge on any atom is -0.367 e. The Bertz CT molecular complexity index is 1030. The van der Waals surface area contributed by atoms with Crippen LogP contribution < -0.4 is 9.80 Å². The highest BCUT2D eigenvalue weighted by atomic mass is 19.1. The summed E-state index contributed by atoms with van der Waals surface area (Å²) in [6.07, 6.45) is 0. The summed E-state index contributed by atoms with van der Waals surface area (Å²) in [5.41, 5.74) is 3.09. The molecule has 4 rings (SSSR count). The second-order valence-corrected chi connectivity index (χ2v) is 6.84. The lowest BCUT2D eigenvalue weighted by atomic mass is 10.1. The number of aryl methyl sites for hydroxylation is 2. The molecule has 0 N–H and O–H groups in total. The molecule has 1 aromatic carbocycles. The third-order valence-electron chi connectivity index (χ3n) is 4.89. The van der Waals surface area contributed by atoms with Crippen LogP contribution in [0.5, 0.6) is 0 Å². The highest BCUT2D eigenvalue weighted by Gasteiger charge is 2.21. The Morgan fingerprint density at radius 1 is 0.929 bits per heavy atom. The van der Waals surface area contributed by atoms with Crippen LogP contribution in [0.1, 0.15) is 17.0 Å². The summed E-state index contributed by atoms with van der Waals surface area (Å²) in [7, 11) is 0. The Morgan fingerprint density at radius 2 is 1.61 bits per heavy atom. The largest absolute Gasteiger partial charge is 0.367 e. The molecule has 28 heavy (non-hydrogen) atoms. The minimum absolute atomic E-state index is 0.363. The van der Waals surface area contributed by atoms with Gasteiger partial charge in [0, 0.05) is 31.9 Å². The molecule has 1 fully saturated rings. The van der Waals surface area contributed by atoms with Gasteiger partial charge in [0.15, 0.2) is 11.6 Å². The third-order valence-corrected chi connectivity index (χ3v) is 4.89. The highest BCUT2D eigenvalue weighted by Crippen LogP contribution is 2.24. The number of hydrogen-bond acceptors (Lipinski definition) is 6. The summed E-state index contributed by atoms with van der Waals surface area (Å²) >= 11 is 0. The van der Waals surface area contributed by atoms with Crippen molar-refractivity contribution in [2.75, 3.05) is 36.0 Å². The average Bonchev–Trinajstić information content (AvgIpc) is 3.06. The first-order valence-corrected chi connectivity index (χ1v) is 9.12. The molecule has 0 aliphatic carbocycles. The summed E-state index contributed by atoms with van der Waals surface area (Å²) < 4.78 is 15.1. The monoisotopic (exact) mass is 377 g/mol. The first-order valence-electron chi connectivity index (χ1n) is 9.12. The normalized spacial score (nSPS) is 14.2. The number of rotatable bonds is 3. The molecule has 0 unspecified atom stereocenters. The predicted molar refractivity (Wildman–Crippen MR) is 104 cm³/mol. The summed E-state index contributed by atoms with van der Waals surface area (Å²) in [4.78, 5) is 4.26. The van der Waals surface area contributed by atoms with Crippen molar-refractivity contribution in [2.24, 2.45) is 0 Å². The number of nitriles is 1. The van der Waals surface area contributed by atoms with Crippen LogP contribution in [-0.2, 0) is 0 Å². The van der Waals surface area contributed by atoms with E-state index < -0.39 is 5.82 Å². The van der Waals surface area contributed by atoms with Crippen LogP contribution in [0, 0.1) is 31.0 Å². The second-order valence-electron chi connectivity index (χ2n) is 6.84. The predicted octanol–water partition coefficient (Wildman–Crippen LogP) is 2.62. The summed E-state index contributed by atoms with van der Waals surface area (Å²) in [5.74, 6) is 1.11. The Morgan fingerprint density at radius 3 is 2.21 bits per heavy atom. The highest BCUT2D eigenvalue weighted by molar-refractivity contribution is 5.60. The zero-order valence-corrected chi connectivity index (χ0v) is 15.8. The van der Waals surface area contributed by atoms with E-state index >= 15 is 0 Å². The molecule has 8 heteroatoms. The summed E-state index contributed by atoms with van der Waals surface area (Å²) in [6, 6.07) is 12.3. The fourth-order valence-corrected chi connectivity index (χ4v) is 3.51. The molecule has 1 saturated heterocycles. The van der Waals surface area contributed by atoms with Crippen LogP contribution in [0.25, 0.3) is 5.82 Å². The number of benzene rings is 1. The Balaban J connectivity index is 1.46. The third kappa shape index (κ3) is 3.39. The molecule has 0 amide bonds. The summed E-state index contributed by atoms with van der Waals surface area (Å²) in [5, 5.41) is 22.4. The van der Waals surface area contributed by atoms with Crippen LogP contribution in [0.2, 0.25) is 0 Å². The van der Waals surface area contributed by atoms with E-state index in [1.54, 1.807) is 10.7 Å². The van der Waals surface area contributed by atoms with Crippen LogP contribution in [-0.4, -0.2) is 46.2 Å². The Kier molecular flexibility index (Phi) is 4.65. The first kappa shape index (κ1) is 17.9. The zero-order chi connectivity index (χ0) is 19.7. The maximum absolute atomic E-state index is 13.4. The van der Waals surface area contributed by atoms with Gasteiger partial charge in [-0.05, 0) is 50.2 Å². The van der Waals surface area contributed by atoms with Gasteiger partial charge in [-0.3, -0.25) is 0 Å². The van der Waals surface area contributed by atoms with E-state index in [2.05, 4.69) is 31.2 Å².